The molecule has 1 aliphatic rings. The summed E-state index contributed by atoms with van der Waals surface area (Å²) in [6, 6.07) is 15.6. The molecule has 3 heteroatoms. The van der Waals surface area contributed by atoms with Crippen LogP contribution in [0.1, 0.15) is 55.3 Å². The van der Waals surface area contributed by atoms with Crippen LogP contribution in [-0.4, -0.2) is 11.0 Å². The zero-order valence-corrected chi connectivity index (χ0v) is 14.3. The first-order valence-corrected chi connectivity index (χ1v) is 8.77. The Morgan fingerprint density at radius 2 is 1.96 bits per heavy atom. The molecule has 0 heterocycles. The molecule has 1 aliphatic carbocycles. The van der Waals surface area contributed by atoms with E-state index in [0.29, 0.717) is 5.75 Å². The number of amides is 1. The molecule has 0 radical (unpaired) electrons. The Morgan fingerprint density at radius 1 is 1.21 bits per heavy atom. The van der Waals surface area contributed by atoms with E-state index in [4.69, 9.17) is 0 Å². The Bertz CT molecular complexity index is 711. The van der Waals surface area contributed by atoms with Gasteiger partial charge in [-0.15, -0.1) is 0 Å². The quantitative estimate of drug-likeness (QED) is 0.860. The van der Waals surface area contributed by atoms with Crippen molar-refractivity contribution in [2.45, 2.75) is 45.1 Å². The smallest absolute Gasteiger partial charge is 0.228 e. The van der Waals surface area contributed by atoms with Crippen molar-refractivity contribution in [3.8, 4) is 5.75 Å². The lowest BCUT2D eigenvalue weighted by atomic mass is 9.84. The Balaban J connectivity index is 1.82. The van der Waals surface area contributed by atoms with Crippen LogP contribution in [0.25, 0.3) is 0 Å². The number of phenols is 1. The molecule has 24 heavy (non-hydrogen) atoms. The normalized spacial score (nSPS) is 18.7. The molecule has 0 aromatic heterocycles. The van der Waals surface area contributed by atoms with Crippen molar-refractivity contribution in [1.29, 1.82) is 0 Å². The number of hydrogen-bond acceptors (Lipinski definition) is 2. The summed E-state index contributed by atoms with van der Waals surface area (Å²) in [5, 5.41) is 13.2. The Hall–Kier alpha value is -2.29. The van der Waals surface area contributed by atoms with Gasteiger partial charge < -0.3 is 10.4 Å². The lowest BCUT2D eigenvalue weighted by Crippen LogP contribution is -2.34. The molecule has 0 aliphatic heterocycles. The first kappa shape index (κ1) is 16.6. The van der Waals surface area contributed by atoms with E-state index in [-0.39, 0.29) is 23.8 Å². The molecule has 3 nitrogen and oxygen atoms in total. The van der Waals surface area contributed by atoms with Crippen molar-refractivity contribution in [2.24, 2.45) is 5.92 Å². The van der Waals surface area contributed by atoms with Gasteiger partial charge in [0, 0.05) is 0 Å². The van der Waals surface area contributed by atoms with Crippen molar-refractivity contribution in [3.05, 3.63) is 65.2 Å². The first-order chi connectivity index (χ1) is 11.6. The second-order valence-electron chi connectivity index (χ2n) is 6.72. The molecular weight excluding hydrogens is 298 g/mol. The van der Waals surface area contributed by atoms with E-state index in [2.05, 4.69) is 19.2 Å². The molecule has 0 bridgehead atoms. The minimum Gasteiger partial charge on any atom is -0.508 e. The minimum atomic E-state index is -0.141. The third-order valence-corrected chi connectivity index (χ3v) is 5.22. The van der Waals surface area contributed by atoms with Crippen LogP contribution in [0.4, 0.5) is 0 Å². The monoisotopic (exact) mass is 323 g/mol. The van der Waals surface area contributed by atoms with Crippen molar-refractivity contribution < 1.29 is 9.90 Å². The van der Waals surface area contributed by atoms with Crippen LogP contribution in [0.2, 0.25) is 0 Å². The molecule has 2 N–H and O–H groups in total. The number of fused-ring (bicyclic) bond motifs is 1. The van der Waals surface area contributed by atoms with Gasteiger partial charge in [-0.25, -0.2) is 0 Å². The number of rotatable bonds is 5. The molecule has 3 rings (SSSR count). The predicted octanol–water partition coefficient (Wildman–Crippen LogP) is 4.33. The number of benzene rings is 2. The average Bonchev–Trinajstić information content (AvgIpc) is 3.00. The van der Waals surface area contributed by atoms with Gasteiger partial charge in [-0.3, -0.25) is 4.79 Å². The molecule has 0 saturated heterocycles. The summed E-state index contributed by atoms with van der Waals surface area (Å²) in [6.45, 7) is 4.25. The van der Waals surface area contributed by atoms with Crippen LogP contribution < -0.4 is 5.32 Å². The van der Waals surface area contributed by atoms with Gasteiger partial charge in [-0.05, 0) is 41.5 Å². The summed E-state index contributed by atoms with van der Waals surface area (Å²) in [5.74, 6) is 0.553. The highest BCUT2D eigenvalue weighted by Crippen LogP contribution is 2.37. The fourth-order valence-corrected chi connectivity index (χ4v) is 3.68. The molecule has 0 spiro atoms. The maximum Gasteiger partial charge on any atom is 0.228 e. The van der Waals surface area contributed by atoms with Gasteiger partial charge in [-0.1, -0.05) is 62.7 Å². The van der Waals surface area contributed by atoms with E-state index in [1.54, 1.807) is 6.07 Å². The van der Waals surface area contributed by atoms with E-state index in [1.807, 2.05) is 42.5 Å². The summed E-state index contributed by atoms with van der Waals surface area (Å²) < 4.78 is 0. The summed E-state index contributed by atoms with van der Waals surface area (Å²) in [5.41, 5.74) is 3.10. The predicted molar refractivity (Wildman–Crippen MR) is 95.9 cm³/mol. The second kappa shape index (κ2) is 7.08. The fourth-order valence-electron chi connectivity index (χ4n) is 3.68. The van der Waals surface area contributed by atoms with Crippen LogP contribution in [0.3, 0.4) is 0 Å². The highest BCUT2D eigenvalue weighted by molar-refractivity contribution is 5.84. The second-order valence-corrected chi connectivity index (χ2v) is 6.72. The standard InChI is InChI=1S/C21H25NO2/c1-3-14(2)20(15-8-5-4-6-9-15)21(24)22-18-13-12-17-16(18)10-7-11-19(17)23/h4-11,14,18,20,23H,3,12-13H2,1-2H3,(H,22,24). The van der Waals surface area contributed by atoms with Gasteiger partial charge in [0.2, 0.25) is 5.91 Å². The highest BCUT2D eigenvalue weighted by Gasteiger charge is 2.31. The molecule has 2 aromatic rings. The molecule has 126 valence electrons. The zero-order chi connectivity index (χ0) is 17.1. The molecule has 1 amide bonds. The summed E-state index contributed by atoms with van der Waals surface area (Å²) in [7, 11) is 0. The third kappa shape index (κ3) is 3.16. The van der Waals surface area contributed by atoms with E-state index in [1.165, 1.54) is 0 Å². The van der Waals surface area contributed by atoms with E-state index in [9.17, 15) is 9.90 Å². The number of aromatic hydroxyl groups is 1. The maximum absolute atomic E-state index is 13.0. The van der Waals surface area contributed by atoms with Crippen LogP contribution >= 0.6 is 0 Å². The van der Waals surface area contributed by atoms with E-state index in [0.717, 1.165) is 36.0 Å². The first-order valence-electron chi connectivity index (χ1n) is 8.77. The van der Waals surface area contributed by atoms with Gasteiger partial charge >= 0.3 is 0 Å². The minimum absolute atomic E-state index is 0.00475. The van der Waals surface area contributed by atoms with Crippen LogP contribution in [0.5, 0.6) is 5.75 Å². The SMILES string of the molecule is CCC(C)C(C(=O)NC1CCc2c(O)cccc21)c1ccccc1. The number of carbonyl (C=O) groups is 1. The molecular formula is C21H25NO2. The molecule has 3 atom stereocenters. The van der Waals surface area contributed by atoms with Crippen molar-refractivity contribution in [2.75, 3.05) is 0 Å². The molecule has 0 saturated carbocycles. The van der Waals surface area contributed by atoms with Crippen molar-refractivity contribution in [1.82, 2.24) is 5.32 Å². The Morgan fingerprint density at radius 3 is 2.67 bits per heavy atom. The number of phenolic OH excluding ortho intramolecular Hbond substituents is 1. The number of hydrogen-bond donors (Lipinski definition) is 2. The Labute approximate surface area is 143 Å². The lowest BCUT2D eigenvalue weighted by molar-refractivity contribution is -0.124. The highest BCUT2D eigenvalue weighted by atomic mass is 16.3. The molecule has 3 unspecified atom stereocenters. The topological polar surface area (TPSA) is 49.3 Å². The van der Waals surface area contributed by atoms with E-state index < -0.39 is 0 Å². The van der Waals surface area contributed by atoms with Crippen molar-refractivity contribution >= 4 is 5.91 Å². The van der Waals surface area contributed by atoms with E-state index >= 15 is 0 Å². The number of carbonyl (C=O) groups excluding carboxylic acids is 1. The van der Waals surface area contributed by atoms with Crippen molar-refractivity contribution in [3.63, 3.8) is 0 Å². The largest absolute Gasteiger partial charge is 0.508 e. The van der Waals surface area contributed by atoms with Crippen LogP contribution in [-0.2, 0) is 11.2 Å². The van der Waals surface area contributed by atoms with Gasteiger partial charge in [0.1, 0.15) is 5.75 Å². The maximum atomic E-state index is 13.0. The zero-order valence-electron chi connectivity index (χ0n) is 14.3. The van der Waals surface area contributed by atoms with Crippen LogP contribution in [0.15, 0.2) is 48.5 Å². The van der Waals surface area contributed by atoms with Gasteiger partial charge in [0.15, 0.2) is 0 Å². The van der Waals surface area contributed by atoms with Gasteiger partial charge in [-0.2, -0.15) is 0 Å². The number of nitrogens with one attached hydrogen (secondary N) is 1. The Kier molecular flexibility index (Phi) is 4.89. The van der Waals surface area contributed by atoms with Gasteiger partial charge in [0.05, 0.1) is 12.0 Å². The fraction of sp³-hybridized carbons (Fsp3) is 0.381. The lowest BCUT2D eigenvalue weighted by Gasteiger charge is -2.25. The van der Waals surface area contributed by atoms with Gasteiger partial charge in [0.25, 0.3) is 0 Å². The average molecular weight is 323 g/mol. The molecule has 0 fully saturated rings. The third-order valence-electron chi connectivity index (χ3n) is 5.22. The summed E-state index contributed by atoms with van der Waals surface area (Å²) in [4.78, 5) is 13.0. The van der Waals surface area contributed by atoms with Crippen LogP contribution in [0, 0.1) is 5.92 Å². The summed E-state index contributed by atoms with van der Waals surface area (Å²) in [6.07, 6.45) is 2.61. The summed E-state index contributed by atoms with van der Waals surface area (Å²) >= 11 is 0. The molecule has 2 aromatic carbocycles.